The Morgan fingerprint density at radius 3 is 2.88 bits per heavy atom. The lowest BCUT2D eigenvalue weighted by molar-refractivity contribution is -0.0602. The Labute approximate surface area is 185 Å². The van der Waals surface area contributed by atoms with E-state index in [9.17, 15) is 9.59 Å². The van der Waals surface area contributed by atoms with E-state index < -0.39 is 0 Å². The summed E-state index contributed by atoms with van der Waals surface area (Å²) >= 11 is 0. The van der Waals surface area contributed by atoms with Gasteiger partial charge in [0, 0.05) is 37.0 Å². The zero-order valence-electron chi connectivity index (χ0n) is 17.4. The van der Waals surface area contributed by atoms with Crippen LogP contribution in [0.1, 0.15) is 40.5 Å². The average Bonchev–Trinajstić information content (AvgIpc) is 3.33. The zero-order valence-corrected chi connectivity index (χ0v) is 17.4. The third kappa shape index (κ3) is 4.19. The Hall–Kier alpha value is -3.72. The van der Waals surface area contributed by atoms with Gasteiger partial charge in [-0.25, -0.2) is 4.79 Å². The first-order valence-electron chi connectivity index (χ1n) is 10.7. The lowest BCUT2D eigenvalue weighted by Crippen LogP contribution is -2.58. The topological polar surface area (TPSA) is 121 Å². The molecule has 4 heterocycles. The summed E-state index contributed by atoms with van der Waals surface area (Å²) in [7, 11) is 0. The second kappa shape index (κ2) is 8.80. The number of amides is 3. The number of pyridine rings is 1. The Morgan fingerprint density at radius 2 is 2.06 bits per heavy atom. The number of H-pyrrole nitrogens is 1. The minimum atomic E-state index is -0.243. The number of carbonyl (C=O) groups excluding carboxylic acids is 2. The molecule has 3 aromatic rings. The second-order valence-electron chi connectivity index (χ2n) is 8.03. The molecule has 9 heteroatoms. The van der Waals surface area contributed by atoms with Crippen molar-refractivity contribution in [3.05, 3.63) is 71.7 Å². The Morgan fingerprint density at radius 1 is 1.19 bits per heavy atom. The maximum Gasteiger partial charge on any atom is 0.317 e. The molecule has 2 aromatic heterocycles. The van der Waals surface area contributed by atoms with E-state index in [1.54, 1.807) is 18.5 Å². The van der Waals surface area contributed by atoms with Crippen LogP contribution in [-0.4, -0.2) is 40.0 Å². The van der Waals surface area contributed by atoms with Crippen LogP contribution in [0.15, 0.2) is 54.9 Å². The predicted octanol–water partition coefficient (Wildman–Crippen LogP) is 2.51. The molecule has 164 valence electrons. The molecule has 0 saturated carbocycles. The molecule has 3 atom stereocenters. The van der Waals surface area contributed by atoms with Gasteiger partial charge in [0.2, 0.25) is 0 Å². The van der Waals surface area contributed by atoms with Crippen LogP contribution < -0.4 is 16.0 Å². The summed E-state index contributed by atoms with van der Waals surface area (Å²) in [5.41, 5.74) is 3.90. The molecule has 3 amide bonds. The number of nitrogens with zero attached hydrogens (tertiary/aromatic N) is 2. The third-order valence-electron chi connectivity index (χ3n) is 5.93. The number of ether oxygens (including phenoxy) is 1. The summed E-state index contributed by atoms with van der Waals surface area (Å²) < 4.78 is 5.73. The number of urea groups is 1. The highest BCUT2D eigenvalue weighted by Crippen LogP contribution is 2.34. The number of nitrogens with one attached hydrogen (secondary N) is 4. The fourth-order valence-electron chi connectivity index (χ4n) is 4.26. The summed E-state index contributed by atoms with van der Waals surface area (Å²) in [6, 6.07) is 13.1. The van der Waals surface area contributed by atoms with Crippen LogP contribution in [0.25, 0.3) is 11.3 Å². The van der Waals surface area contributed by atoms with Crippen molar-refractivity contribution in [3.8, 4) is 11.3 Å². The minimum Gasteiger partial charge on any atom is -0.358 e. The first-order valence-corrected chi connectivity index (χ1v) is 10.7. The zero-order chi connectivity index (χ0) is 21.9. The van der Waals surface area contributed by atoms with Crippen LogP contribution in [0.5, 0.6) is 0 Å². The van der Waals surface area contributed by atoms with Crippen LogP contribution >= 0.6 is 0 Å². The molecular formula is C23H24N6O3. The van der Waals surface area contributed by atoms with Crippen molar-refractivity contribution < 1.29 is 14.3 Å². The summed E-state index contributed by atoms with van der Waals surface area (Å²) in [6.45, 7) is 1.06. The first-order chi connectivity index (χ1) is 15.7. The molecule has 0 bridgehead atoms. The van der Waals surface area contributed by atoms with Gasteiger partial charge in [0.05, 0.1) is 11.7 Å². The molecular weight excluding hydrogens is 408 g/mol. The van der Waals surface area contributed by atoms with Gasteiger partial charge < -0.3 is 20.7 Å². The molecule has 0 unspecified atom stereocenters. The highest BCUT2D eigenvalue weighted by atomic mass is 16.5. The number of aromatic nitrogens is 3. The van der Waals surface area contributed by atoms with Gasteiger partial charge in [0.25, 0.3) is 5.91 Å². The Bertz CT molecular complexity index is 1100. The Balaban J connectivity index is 1.21. The van der Waals surface area contributed by atoms with Gasteiger partial charge >= 0.3 is 6.03 Å². The van der Waals surface area contributed by atoms with E-state index in [1.807, 2.05) is 36.4 Å². The van der Waals surface area contributed by atoms with Gasteiger partial charge in [-0.05, 0) is 42.2 Å². The van der Waals surface area contributed by atoms with Gasteiger partial charge in [0.15, 0.2) is 0 Å². The highest BCUT2D eigenvalue weighted by molar-refractivity contribution is 5.93. The highest BCUT2D eigenvalue weighted by Gasteiger charge is 2.39. The van der Waals surface area contributed by atoms with Crippen LogP contribution in [0.3, 0.4) is 0 Å². The number of benzene rings is 1. The van der Waals surface area contributed by atoms with E-state index in [-0.39, 0.29) is 30.1 Å². The SMILES string of the molecule is O=C1N[C@H]2OCCC[C@H]2[C@H](c2ccc(CNC(=O)c3cc(-c4cccnc4)n[nH]3)cc2)N1. The summed E-state index contributed by atoms with van der Waals surface area (Å²) in [5, 5.41) is 15.8. The van der Waals surface area contributed by atoms with Crippen LogP contribution in [-0.2, 0) is 11.3 Å². The number of fused-ring (bicyclic) bond motifs is 1. The predicted molar refractivity (Wildman–Crippen MR) is 116 cm³/mol. The molecule has 9 nitrogen and oxygen atoms in total. The molecule has 2 saturated heterocycles. The van der Waals surface area contributed by atoms with Crippen molar-refractivity contribution >= 4 is 11.9 Å². The molecule has 1 aromatic carbocycles. The van der Waals surface area contributed by atoms with E-state index in [4.69, 9.17) is 4.74 Å². The number of hydrogen-bond acceptors (Lipinski definition) is 5. The normalized spacial score (nSPS) is 22.4. The van der Waals surface area contributed by atoms with E-state index in [0.717, 1.165) is 29.5 Å². The third-order valence-corrected chi connectivity index (χ3v) is 5.93. The maximum atomic E-state index is 12.5. The summed E-state index contributed by atoms with van der Waals surface area (Å²) in [4.78, 5) is 28.6. The molecule has 5 rings (SSSR count). The van der Waals surface area contributed by atoms with Crippen LogP contribution in [0, 0.1) is 5.92 Å². The van der Waals surface area contributed by atoms with Gasteiger partial charge in [-0.1, -0.05) is 24.3 Å². The van der Waals surface area contributed by atoms with Crippen LogP contribution in [0.2, 0.25) is 0 Å². The van der Waals surface area contributed by atoms with Gasteiger partial charge in [-0.2, -0.15) is 5.10 Å². The molecule has 0 aliphatic carbocycles. The van der Waals surface area contributed by atoms with E-state index in [2.05, 4.69) is 31.1 Å². The lowest BCUT2D eigenvalue weighted by atomic mass is 9.85. The second-order valence-corrected chi connectivity index (χ2v) is 8.03. The minimum absolute atomic E-state index is 0.0893. The summed E-state index contributed by atoms with van der Waals surface area (Å²) in [6.07, 6.45) is 5.12. The lowest BCUT2D eigenvalue weighted by Gasteiger charge is -2.41. The molecule has 4 N–H and O–H groups in total. The standard InChI is InChI=1S/C23H24N6O3/c30-21(19-11-18(28-29-19)16-3-1-9-24-13-16)25-12-14-5-7-15(8-6-14)20-17-4-2-10-32-22(17)27-23(31)26-20/h1,3,5-9,11,13,17,20,22H,2,4,10,12H2,(H,25,30)(H,28,29)(H2,26,27,31)/t17-,20-,22-/m0/s1. The first kappa shape index (κ1) is 20.2. The molecule has 0 radical (unpaired) electrons. The van der Waals surface area contributed by atoms with Crippen molar-refractivity contribution in [1.82, 2.24) is 31.1 Å². The van der Waals surface area contributed by atoms with Crippen LogP contribution in [0.4, 0.5) is 4.79 Å². The average molecular weight is 432 g/mol. The number of rotatable bonds is 5. The smallest absolute Gasteiger partial charge is 0.317 e. The fourth-order valence-corrected chi connectivity index (χ4v) is 4.26. The quantitative estimate of drug-likeness (QED) is 0.494. The molecule has 2 aliphatic rings. The van der Waals surface area contributed by atoms with E-state index in [1.165, 1.54) is 0 Å². The van der Waals surface area contributed by atoms with Crippen molar-refractivity contribution in [2.75, 3.05) is 6.61 Å². The van der Waals surface area contributed by atoms with Crippen molar-refractivity contribution in [3.63, 3.8) is 0 Å². The molecule has 2 aliphatic heterocycles. The molecule has 2 fully saturated rings. The van der Waals surface area contributed by atoms with Gasteiger partial charge in [0.1, 0.15) is 11.9 Å². The fraction of sp³-hybridized carbons (Fsp3) is 0.304. The van der Waals surface area contributed by atoms with Crippen molar-refractivity contribution in [1.29, 1.82) is 0 Å². The maximum absolute atomic E-state index is 12.5. The number of carbonyl (C=O) groups is 2. The van der Waals surface area contributed by atoms with E-state index >= 15 is 0 Å². The van der Waals surface area contributed by atoms with Gasteiger partial charge in [-0.15, -0.1) is 0 Å². The molecule has 0 spiro atoms. The van der Waals surface area contributed by atoms with Crippen molar-refractivity contribution in [2.24, 2.45) is 5.92 Å². The van der Waals surface area contributed by atoms with Crippen molar-refractivity contribution in [2.45, 2.75) is 31.7 Å². The van der Waals surface area contributed by atoms with E-state index in [0.29, 0.717) is 24.5 Å². The Kier molecular flexibility index (Phi) is 5.55. The summed E-state index contributed by atoms with van der Waals surface area (Å²) in [5.74, 6) is -0.0362. The number of aromatic amines is 1. The monoisotopic (exact) mass is 432 g/mol. The largest absolute Gasteiger partial charge is 0.358 e. The number of hydrogen-bond donors (Lipinski definition) is 4. The molecule has 32 heavy (non-hydrogen) atoms. The van der Waals surface area contributed by atoms with Gasteiger partial charge in [-0.3, -0.25) is 14.9 Å².